The number of fused-ring (bicyclic) bond motifs is 1. The number of nitrogens with zero attached hydrogens (tertiary/aromatic N) is 4. The lowest BCUT2D eigenvalue weighted by Gasteiger charge is -2.23. The van der Waals surface area contributed by atoms with Crippen LogP contribution in [0.2, 0.25) is 0 Å². The van der Waals surface area contributed by atoms with Gasteiger partial charge in [-0.3, -0.25) is 9.10 Å². The standard InChI is InChI=1S/C27H21FN4O3S3/c1-2-31(21-7-4-3-5-8-21)38(34,35)23-13-10-19(11-14-23)26(33)32(29-18-22-9-6-16-36-22)27-30-24-15-12-20(28)17-25(24)37-27/h3-18H,2H2,1H3/b29-18+. The summed E-state index contributed by atoms with van der Waals surface area (Å²) >= 11 is 2.59. The first-order chi connectivity index (χ1) is 18.4. The van der Waals surface area contributed by atoms with Gasteiger partial charge in [-0.2, -0.15) is 10.1 Å². The molecule has 2 heterocycles. The molecule has 192 valence electrons. The number of hydrogen-bond acceptors (Lipinski definition) is 7. The molecule has 5 aromatic rings. The lowest BCUT2D eigenvalue weighted by atomic mass is 10.2. The fourth-order valence-electron chi connectivity index (χ4n) is 3.75. The molecule has 3 aromatic carbocycles. The van der Waals surface area contributed by atoms with Crippen molar-refractivity contribution < 1.29 is 17.6 Å². The second-order valence-electron chi connectivity index (χ2n) is 8.02. The number of hydrazone groups is 1. The second-order valence-corrected chi connectivity index (χ2v) is 11.9. The number of para-hydroxylation sites is 1. The summed E-state index contributed by atoms with van der Waals surface area (Å²) in [5.41, 5.74) is 1.31. The third-order valence-corrected chi connectivity index (χ3v) is 9.29. The molecule has 2 aromatic heterocycles. The highest BCUT2D eigenvalue weighted by molar-refractivity contribution is 7.92. The second kappa shape index (κ2) is 10.8. The molecule has 0 radical (unpaired) electrons. The zero-order valence-corrected chi connectivity index (χ0v) is 22.5. The Kier molecular flexibility index (Phi) is 7.32. The molecule has 0 fully saturated rings. The summed E-state index contributed by atoms with van der Waals surface area (Å²) in [5.74, 6) is -0.905. The fourth-order valence-corrected chi connectivity index (χ4v) is 6.75. The van der Waals surface area contributed by atoms with Crippen LogP contribution in [0.4, 0.5) is 15.2 Å². The van der Waals surface area contributed by atoms with Crippen LogP contribution >= 0.6 is 22.7 Å². The van der Waals surface area contributed by atoms with Crippen LogP contribution in [-0.4, -0.2) is 32.1 Å². The number of hydrogen-bond donors (Lipinski definition) is 0. The Morgan fingerprint density at radius 3 is 2.47 bits per heavy atom. The van der Waals surface area contributed by atoms with E-state index in [1.54, 1.807) is 43.5 Å². The number of thiazole rings is 1. The number of aromatic nitrogens is 1. The molecule has 0 saturated heterocycles. The number of sulfonamides is 1. The zero-order valence-electron chi connectivity index (χ0n) is 20.1. The van der Waals surface area contributed by atoms with Gasteiger partial charge in [0.1, 0.15) is 5.82 Å². The van der Waals surface area contributed by atoms with Gasteiger partial charge in [-0.15, -0.1) is 11.3 Å². The molecule has 5 rings (SSSR count). The van der Waals surface area contributed by atoms with Gasteiger partial charge in [-0.05, 0) is 73.0 Å². The molecule has 0 atom stereocenters. The van der Waals surface area contributed by atoms with Crippen molar-refractivity contribution in [2.24, 2.45) is 5.10 Å². The van der Waals surface area contributed by atoms with Gasteiger partial charge < -0.3 is 0 Å². The Balaban J connectivity index is 1.48. The number of anilines is 2. The summed E-state index contributed by atoms with van der Waals surface area (Å²) < 4.78 is 42.3. The number of carbonyl (C=O) groups is 1. The Hall–Kier alpha value is -3.93. The molecular weight excluding hydrogens is 544 g/mol. The first kappa shape index (κ1) is 25.7. The molecule has 38 heavy (non-hydrogen) atoms. The van der Waals surface area contributed by atoms with E-state index in [4.69, 9.17) is 0 Å². The minimum Gasteiger partial charge on any atom is -0.267 e. The molecule has 0 bridgehead atoms. The maximum absolute atomic E-state index is 13.7. The molecule has 0 unspecified atom stereocenters. The van der Waals surface area contributed by atoms with Gasteiger partial charge in [0.05, 0.1) is 27.0 Å². The Labute approximate surface area is 227 Å². The number of benzene rings is 3. The van der Waals surface area contributed by atoms with Crippen molar-refractivity contribution in [3.8, 4) is 0 Å². The molecule has 1 amide bonds. The maximum atomic E-state index is 13.7. The summed E-state index contributed by atoms with van der Waals surface area (Å²) in [6.45, 7) is 2.01. The van der Waals surface area contributed by atoms with Crippen molar-refractivity contribution in [2.45, 2.75) is 11.8 Å². The summed E-state index contributed by atoms with van der Waals surface area (Å²) in [6.07, 6.45) is 1.55. The van der Waals surface area contributed by atoms with E-state index >= 15 is 0 Å². The van der Waals surface area contributed by atoms with Crippen molar-refractivity contribution in [3.05, 3.63) is 107 Å². The number of halogens is 1. The van der Waals surface area contributed by atoms with Gasteiger partial charge in [-0.25, -0.2) is 17.8 Å². The van der Waals surface area contributed by atoms with Gasteiger partial charge in [0.2, 0.25) is 5.13 Å². The highest BCUT2D eigenvalue weighted by Crippen LogP contribution is 2.31. The average Bonchev–Trinajstić information content (AvgIpc) is 3.59. The lowest BCUT2D eigenvalue weighted by molar-refractivity contribution is 0.0987. The highest BCUT2D eigenvalue weighted by Gasteiger charge is 2.25. The smallest absolute Gasteiger partial charge is 0.267 e. The first-order valence-electron chi connectivity index (χ1n) is 11.5. The maximum Gasteiger partial charge on any atom is 0.280 e. The number of carbonyl (C=O) groups excluding carboxylic acids is 1. The van der Waals surface area contributed by atoms with Crippen LogP contribution in [0.15, 0.2) is 100 Å². The minimum atomic E-state index is -3.85. The number of amides is 1. The van der Waals surface area contributed by atoms with Gasteiger partial charge in [0.15, 0.2) is 0 Å². The monoisotopic (exact) mass is 564 g/mol. The van der Waals surface area contributed by atoms with Crippen LogP contribution in [0, 0.1) is 5.82 Å². The zero-order chi connectivity index (χ0) is 26.7. The third-order valence-electron chi connectivity index (χ3n) is 5.58. The Morgan fingerprint density at radius 2 is 1.79 bits per heavy atom. The number of thiophene rings is 1. The van der Waals surface area contributed by atoms with Crippen molar-refractivity contribution in [3.63, 3.8) is 0 Å². The molecule has 0 spiro atoms. The summed E-state index contributed by atoms with van der Waals surface area (Å²) in [7, 11) is -3.85. The normalized spacial score (nSPS) is 11.7. The molecule has 0 aliphatic heterocycles. The van der Waals surface area contributed by atoms with Crippen molar-refractivity contribution >= 4 is 65.9 Å². The topological polar surface area (TPSA) is 82.9 Å². The minimum absolute atomic E-state index is 0.0591. The van der Waals surface area contributed by atoms with E-state index in [0.29, 0.717) is 15.9 Å². The lowest BCUT2D eigenvalue weighted by Crippen LogP contribution is -2.31. The van der Waals surface area contributed by atoms with E-state index < -0.39 is 21.7 Å². The van der Waals surface area contributed by atoms with Gasteiger partial charge in [0, 0.05) is 17.0 Å². The van der Waals surface area contributed by atoms with E-state index in [-0.39, 0.29) is 22.1 Å². The molecule has 11 heteroatoms. The fraction of sp³-hybridized carbons (Fsp3) is 0.0741. The number of rotatable bonds is 8. The van der Waals surface area contributed by atoms with E-state index in [2.05, 4.69) is 10.1 Å². The van der Waals surface area contributed by atoms with Crippen LogP contribution in [0.1, 0.15) is 22.2 Å². The van der Waals surface area contributed by atoms with Crippen LogP contribution < -0.4 is 9.31 Å². The molecule has 0 saturated carbocycles. The van der Waals surface area contributed by atoms with Crippen LogP contribution in [0.3, 0.4) is 0 Å². The predicted molar refractivity (Wildman–Crippen MR) is 151 cm³/mol. The van der Waals surface area contributed by atoms with Crippen LogP contribution in [0.25, 0.3) is 10.2 Å². The molecular formula is C27H21FN4O3S3. The van der Waals surface area contributed by atoms with E-state index in [1.807, 2.05) is 23.6 Å². The van der Waals surface area contributed by atoms with Gasteiger partial charge in [-0.1, -0.05) is 35.6 Å². The molecule has 0 aliphatic carbocycles. The van der Waals surface area contributed by atoms with Crippen molar-refractivity contribution in [1.82, 2.24) is 4.98 Å². The molecule has 0 N–H and O–H groups in total. The Morgan fingerprint density at radius 1 is 1.03 bits per heavy atom. The average molecular weight is 565 g/mol. The highest BCUT2D eigenvalue weighted by atomic mass is 32.2. The third kappa shape index (κ3) is 5.21. The largest absolute Gasteiger partial charge is 0.280 e. The van der Waals surface area contributed by atoms with E-state index in [0.717, 1.165) is 21.2 Å². The van der Waals surface area contributed by atoms with Crippen LogP contribution in [0.5, 0.6) is 0 Å². The van der Waals surface area contributed by atoms with Crippen molar-refractivity contribution in [1.29, 1.82) is 0 Å². The van der Waals surface area contributed by atoms with Crippen LogP contribution in [-0.2, 0) is 10.0 Å². The molecule has 7 nitrogen and oxygen atoms in total. The van der Waals surface area contributed by atoms with E-state index in [9.17, 15) is 17.6 Å². The van der Waals surface area contributed by atoms with Gasteiger partial charge >= 0.3 is 0 Å². The van der Waals surface area contributed by atoms with Gasteiger partial charge in [0.25, 0.3) is 15.9 Å². The quantitative estimate of drug-likeness (QED) is 0.161. The van der Waals surface area contributed by atoms with Crippen molar-refractivity contribution in [2.75, 3.05) is 15.9 Å². The predicted octanol–water partition coefficient (Wildman–Crippen LogP) is 6.39. The summed E-state index contributed by atoms with van der Waals surface area (Å²) in [5, 5.41) is 7.68. The Bertz CT molecular complexity index is 1700. The SMILES string of the molecule is CCN(c1ccccc1)S(=O)(=O)c1ccc(C(=O)N(/N=C/c2cccs2)c2nc3ccc(F)cc3s2)cc1. The summed E-state index contributed by atoms with van der Waals surface area (Å²) in [4.78, 5) is 18.9. The van der Waals surface area contributed by atoms with E-state index in [1.165, 1.54) is 52.0 Å². The molecule has 0 aliphatic rings. The summed E-state index contributed by atoms with van der Waals surface area (Å²) in [6, 6.07) is 22.5. The first-order valence-corrected chi connectivity index (χ1v) is 14.7.